The van der Waals surface area contributed by atoms with Gasteiger partial charge < -0.3 is 9.84 Å². The van der Waals surface area contributed by atoms with Gasteiger partial charge >= 0.3 is 5.69 Å². The molecule has 0 spiro atoms. The molecule has 0 radical (unpaired) electrons. The fourth-order valence-electron chi connectivity index (χ4n) is 1.70. The van der Waals surface area contributed by atoms with E-state index < -0.39 is 36.4 Å². The molecule has 8 heteroatoms. The van der Waals surface area contributed by atoms with Crippen LogP contribution in [0.4, 0.5) is 4.39 Å². The number of hydrogen-bond donors (Lipinski definition) is 2. The SMILES string of the molecule is O=c1[nH]c(=O)n([C@@H]2CC(F)[C@H](CO)O2)cc1I. The molecule has 1 aromatic heterocycles. The van der Waals surface area contributed by atoms with Gasteiger partial charge in [0, 0.05) is 12.6 Å². The Morgan fingerprint density at radius 1 is 1.65 bits per heavy atom. The zero-order chi connectivity index (χ0) is 12.6. The van der Waals surface area contributed by atoms with E-state index in [1.54, 1.807) is 22.6 Å². The second-order valence-electron chi connectivity index (χ2n) is 3.71. The van der Waals surface area contributed by atoms with Crippen LogP contribution in [0.5, 0.6) is 0 Å². The van der Waals surface area contributed by atoms with Crippen LogP contribution in [0, 0.1) is 3.57 Å². The molecule has 2 N–H and O–H groups in total. The third kappa shape index (κ3) is 2.43. The Hall–Kier alpha value is -0.740. The van der Waals surface area contributed by atoms with E-state index in [1.165, 1.54) is 6.20 Å². The number of alkyl halides is 1. The van der Waals surface area contributed by atoms with Crippen LogP contribution in [0.1, 0.15) is 12.6 Å². The summed E-state index contributed by atoms with van der Waals surface area (Å²) in [5.41, 5.74) is -1.13. The van der Waals surface area contributed by atoms with E-state index in [9.17, 15) is 14.0 Å². The Balaban J connectivity index is 2.34. The molecule has 94 valence electrons. The predicted octanol–water partition coefficient (Wildman–Crippen LogP) is -0.241. The molecule has 1 aromatic rings. The summed E-state index contributed by atoms with van der Waals surface area (Å²) in [5.74, 6) is 0. The Morgan fingerprint density at radius 3 is 2.94 bits per heavy atom. The summed E-state index contributed by atoms with van der Waals surface area (Å²) < 4.78 is 20.0. The number of hydrogen-bond acceptors (Lipinski definition) is 4. The van der Waals surface area contributed by atoms with Crippen molar-refractivity contribution in [3.63, 3.8) is 0 Å². The van der Waals surface area contributed by atoms with Crippen LogP contribution in [0.2, 0.25) is 0 Å². The molecule has 6 nitrogen and oxygen atoms in total. The van der Waals surface area contributed by atoms with Crippen molar-refractivity contribution in [1.82, 2.24) is 9.55 Å². The molecule has 1 fully saturated rings. The lowest BCUT2D eigenvalue weighted by atomic mass is 10.2. The summed E-state index contributed by atoms with van der Waals surface area (Å²) in [7, 11) is 0. The molecule has 2 rings (SSSR count). The van der Waals surface area contributed by atoms with Gasteiger partial charge in [-0.2, -0.15) is 0 Å². The van der Waals surface area contributed by atoms with E-state index in [1.807, 2.05) is 0 Å². The van der Waals surface area contributed by atoms with E-state index >= 15 is 0 Å². The van der Waals surface area contributed by atoms with Gasteiger partial charge in [-0.15, -0.1) is 0 Å². The zero-order valence-corrected chi connectivity index (χ0v) is 10.8. The number of rotatable bonds is 2. The van der Waals surface area contributed by atoms with Crippen molar-refractivity contribution >= 4 is 22.6 Å². The molecule has 1 aliphatic rings. The molecule has 0 amide bonds. The van der Waals surface area contributed by atoms with Crippen molar-refractivity contribution < 1.29 is 14.2 Å². The highest BCUT2D eigenvalue weighted by Crippen LogP contribution is 2.29. The molecular formula is C9H10FIN2O4. The highest BCUT2D eigenvalue weighted by atomic mass is 127. The van der Waals surface area contributed by atoms with Gasteiger partial charge in [0.05, 0.1) is 10.2 Å². The van der Waals surface area contributed by atoms with E-state index in [0.717, 1.165) is 4.57 Å². The molecule has 17 heavy (non-hydrogen) atoms. The number of aromatic nitrogens is 2. The molecule has 0 saturated carbocycles. The standard InChI is InChI=1S/C9H10FIN2O4/c10-4-1-7(17-6(4)3-14)13-2-5(11)8(15)12-9(13)16/h2,4,6-7,14H,1,3H2,(H,12,15,16)/t4?,6-,7-/m0/s1. The lowest BCUT2D eigenvalue weighted by Gasteiger charge is -2.14. The predicted molar refractivity (Wildman–Crippen MR) is 64.5 cm³/mol. The molecule has 2 heterocycles. The maximum atomic E-state index is 13.4. The lowest BCUT2D eigenvalue weighted by Crippen LogP contribution is -2.33. The van der Waals surface area contributed by atoms with Gasteiger partial charge in [-0.05, 0) is 22.6 Å². The third-order valence-corrected chi connectivity index (χ3v) is 3.35. The van der Waals surface area contributed by atoms with Gasteiger partial charge in [-0.1, -0.05) is 0 Å². The van der Waals surface area contributed by atoms with Gasteiger partial charge in [-0.25, -0.2) is 9.18 Å². The van der Waals surface area contributed by atoms with Gasteiger partial charge in [-0.3, -0.25) is 14.3 Å². The molecule has 0 bridgehead atoms. The molecule has 1 saturated heterocycles. The number of halogens is 2. The summed E-state index contributed by atoms with van der Waals surface area (Å²) in [6.45, 7) is -0.438. The Kier molecular flexibility index (Phi) is 3.64. The van der Waals surface area contributed by atoms with E-state index in [-0.39, 0.29) is 6.42 Å². The Labute approximate surface area is 109 Å². The van der Waals surface area contributed by atoms with Crippen molar-refractivity contribution in [3.05, 3.63) is 30.6 Å². The summed E-state index contributed by atoms with van der Waals surface area (Å²) in [4.78, 5) is 24.8. The molecule has 3 atom stereocenters. The van der Waals surface area contributed by atoms with Crippen LogP contribution in [-0.4, -0.2) is 33.5 Å². The molecular weight excluding hydrogens is 346 g/mol. The number of nitrogens with one attached hydrogen (secondary N) is 1. The van der Waals surface area contributed by atoms with Crippen LogP contribution in [0.25, 0.3) is 0 Å². The Bertz CT molecular complexity index is 528. The number of aliphatic hydroxyl groups excluding tert-OH is 1. The van der Waals surface area contributed by atoms with Crippen molar-refractivity contribution in [2.45, 2.75) is 24.9 Å². The highest BCUT2D eigenvalue weighted by Gasteiger charge is 2.36. The van der Waals surface area contributed by atoms with Crippen molar-refractivity contribution in [1.29, 1.82) is 0 Å². The molecule has 1 unspecified atom stereocenters. The maximum absolute atomic E-state index is 13.4. The average Bonchev–Trinajstić information content (AvgIpc) is 2.65. The van der Waals surface area contributed by atoms with E-state index in [4.69, 9.17) is 9.84 Å². The van der Waals surface area contributed by atoms with Crippen LogP contribution >= 0.6 is 22.6 Å². The van der Waals surface area contributed by atoms with Gasteiger partial charge in [0.25, 0.3) is 5.56 Å². The number of ether oxygens (including phenoxy) is 1. The molecule has 1 aliphatic heterocycles. The largest absolute Gasteiger partial charge is 0.394 e. The number of nitrogens with zero attached hydrogens (tertiary/aromatic N) is 1. The minimum absolute atomic E-state index is 0.0206. The first-order chi connectivity index (χ1) is 8.02. The van der Waals surface area contributed by atoms with Gasteiger partial charge in [0.2, 0.25) is 0 Å². The summed E-state index contributed by atoms with van der Waals surface area (Å²) in [6, 6.07) is 0. The second-order valence-corrected chi connectivity index (χ2v) is 4.87. The minimum atomic E-state index is -1.32. The normalized spacial score (nSPS) is 28.5. The van der Waals surface area contributed by atoms with Crippen molar-refractivity contribution in [2.24, 2.45) is 0 Å². The molecule has 0 aromatic carbocycles. The van der Waals surface area contributed by atoms with Crippen molar-refractivity contribution in [3.8, 4) is 0 Å². The van der Waals surface area contributed by atoms with Crippen LogP contribution in [0.15, 0.2) is 15.8 Å². The fraction of sp³-hybridized carbons (Fsp3) is 0.556. The van der Waals surface area contributed by atoms with Gasteiger partial charge in [0.15, 0.2) is 0 Å². The summed E-state index contributed by atoms with van der Waals surface area (Å²) in [6.07, 6.45) is -1.73. The molecule has 0 aliphatic carbocycles. The van der Waals surface area contributed by atoms with Crippen LogP contribution in [-0.2, 0) is 4.74 Å². The third-order valence-electron chi connectivity index (χ3n) is 2.58. The maximum Gasteiger partial charge on any atom is 0.330 e. The summed E-state index contributed by atoms with van der Waals surface area (Å²) >= 11 is 1.77. The van der Waals surface area contributed by atoms with Crippen molar-refractivity contribution in [2.75, 3.05) is 6.61 Å². The topological polar surface area (TPSA) is 84.3 Å². The minimum Gasteiger partial charge on any atom is -0.394 e. The summed E-state index contributed by atoms with van der Waals surface area (Å²) in [5, 5.41) is 8.86. The Morgan fingerprint density at radius 2 is 2.35 bits per heavy atom. The first kappa shape index (κ1) is 12.7. The average molecular weight is 356 g/mol. The quantitative estimate of drug-likeness (QED) is 0.717. The first-order valence-corrected chi connectivity index (χ1v) is 6.02. The highest BCUT2D eigenvalue weighted by molar-refractivity contribution is 14.1. The number of H-pyrrole nitrogens is 1. The number of aliphatic hydroxyl groups is 1. The zero-order valence-electron chi connectivity index (χ0n) is 8.60. The van der Waals surface area contributed by atoms with Gasteiger partial charge in [0.1, 0.15) is 18.5 Å². The first-order valence-electron chi connectivity index (χ1n) is 4.94. The van der Waals surface area contributed by atoms with E-state index in [0.29, 0.717) is 3.57 Å². The lowest BCUT2D eigenvalue weighted by molar-refractivity contribution is -0.0357. The van der Waals surface area contributed by atoms with Crippen LogP contribution < -0.4 is 11.2 Å². The van der Waals surface area contributed by atoms with E-state index in [2.05, 4.69) is 4.98 Å². The smallest absolute Gasteiger partial charge is 0.330 e. The monoisotopic (exact) mass is 356 g/mol. The number of aromatic amines is 1. The fourth-order valence-corrected chi connectivity index (χ4v) is 2.13. The van der Waals surface area contributed by atoms with Crippen LogP contribution in [0.3, 0.4) is 0 Å². The second kappa shape index (κ2) is 4.86.